The van der Waals surface area contributed by atoms with Crippen LogP contribution in [0.25, 0.3) is 10.2 Å². The summed E-state index contributed by atoms with van der Waals surface area (Å²) in [5.74, 6) is -1.24. The van der Waals surface area contributed by atoms with Crippen molar-refractivity contribution < 1.29 is 54.2 Å². The molecule has 2 atom stereocenters. The number of thiazole rings is 1. The number of benzene rings is 3. The molecule has 290 valence electrons. The second kappa shape index (κ2) is 18.7. The number of amides is 2. The molecule has 0 aliphatic heterocycles. The van der Waals surface area contributed by atoms with Crippen molar-refractivity contribution >= 4 is 54.9 Å². The number of carbonyl (C=O) groups is 2. The Morgan fingerprint density at radius 2 is 1.52 bits per heavy atom. The molecule has 0 saturated heterocycles. The van der Waals surface area contributed by atoms with Gasteiger partial charge in [-0.25, -0.2) is 18.2 Å². The summed E-state index contributed by atoms with van der Waals surface area (Å²) in [6.07, 6.45) is -11.5. The van der Waals surface area contributed by atoms with Crippen molar-refractivity contribution in [3.05, 3.63) is 117 Å². The minimum Gasteiger partial charge on any atom is -0.453 e. The first kappa shape index (κ1) is 42.2. The van der Waals surface area contributed by atoms with E-state index in [1.54, 1.807) is 5.32 Å². The van der Waals surface area contributed by atoms with E-state index < -0.39 is 82.3 Å². The van der Waals surface area contributed by atoms with Gasteiger partial charge in [-0.1, -0.05) is 60.7 Å². The van der Waals surface area contributed by atoms with Crippen molar-refractivity contribution in [3.63, 3.8) is 0 Å². The third-order valence-corrected chi connectivity index (χ3v) is 11.6. The van der Waals surface area contributed by atoms with E-state index in [1.807, 2.05) is 5.32 Å². The molecular formula is C35H34F6N4O6S3. The Kier molecular flexibility index (Phi) is 14.6. The zero-order valence-corrected chi connectivity index (χ0v) is 30.8. The number of halogens is 6. The largest absolute Gasteiger partial charge is 0.453 e. The molecule has 2 amide bonds. The van der Waals surface area contributed by atoms with Crippen LogP contribution in [-0.4, -0.2) is 74.0 Å². The van der Waals surface area contributed by atoms with E-state index in [1.165, 1.54) is 28.8 Å². The summed E-state index contributed by atoms with van der Waals surface area (Å²) < 4.78 is 113. The van der Waals surface area contributed by atoms with Crippen molar-refractivity contribution in [1.29, 1.82) is 0 Å². The summed E-state index contributed by atoms with van der Waals surface area (Å²) in [5, 5.41) is 13.7. The molecule has 2 aromatic heterocycles. The molecular weight excluding hydrogens is 783 g/mol. The highest BCUT2D eigenvalue weighted by molar-refractivity contribution is 7.89. The normalized spacial score (nSPS) is 13.1. The lowest BCUT2D eigenvalue weighted by Crippen LogP contribution is -2.43. The highest BCUT2D eigenvalue weighted by Crippen LogP contribution is 2.40. The maximum atomic E-state index is 13.8. The SMILES string of the molecule is COC(=O)NCC(=O)NC(c1ccc(C(CO)N(CCC(F)(F)F)S(=O)(=O)c2ccc3ncsc3c2)s1)C(F)(F)F.c1ccc(Cc2ccccc2)cc1. The summed E-state index contributed by atoms with van der Waals surface area (Å²) in [7, 11) is -3.74. The van der Waals surface area contributed by atoms with Crippen LogP contribution in [0.15, 0.2) is 101 Å². The number of aliphatic hydroxyl groups is 1. The van der Waals surface area contributed by atoms with Gasteiger partial charge in [0.1, 0.15) is 6.54 Å². The maximum Gasteiger partial charge on any atom is 0.413 e. The first-order chi connectivity index (χ1) is 25.5. The minimum atomic E-state index is -5.05. The van der Waals surface area contributed by atoms with Gasteiger partial charge in [-0.15, -0.1) is 22.7 Å². The second-order valence-electron chi connectivity index (χ2n) is 11.4. The first-order valence-electron chi connectivity index (χ1n) is 15.9. The molecule has 5 rings (SSSR count). The topological polar surface area (TPSA) is 138 Å². The van der Waals surface area contributed by atoms with Gasteiger partial charge in [0.05, 0.1) is 46.8 Å². The van der Waals surface area contributed by atoms with Crippen LogP contribution in [0.1, 0.15) is 39.4 Å². The van der Waals surface area contributed by atoms with E-state index in [0.717, 1.165) is 43.1 Å². The van der Waals surface area contributed by atoms with Crippen LogP contribution in [-0.2, 0) is 26.0 Å². The highest BCUT2D eigenvalue weighted by atomic mass is 32.2. The number of hydrogen-bond acceptors (Lipinski definition) is 9. The molecule has 3 aromatic carbocycles. The van der Waals surface area contributed by atoms with E-state index in [2.05, 4.69) is 70.4 Å². The van der Waals surface area contributed by atoms with Crippen LogP contribution < -0.4 is 10.6 Å². The van der Waals surface area contributed by atoms with E-state index in [4.69, 9.17) is 0 Å². The number of carbonyl (C=O) groups excluding carboxylic acids is 2. The molecule has 3 N–H and O–H groups in total. The number of sulfonamides is 1. The molecule has 5 aromatic rings. The number of alkyl halides is 6. The monoisotopic (exact) mass is 816 g/mol. The van der Waals surface area contributed by atoms with E-state index >= 15 is 0 Å². The van der Waals surface area contributed by atoms with Gasteiger partial charge in [0.2, 0.25) is 15.9 Å². The lowest BCUT2D eigenvalue weighted by Gasteiger charge is -2.29. The standard InChI is InChI=1S/C22H22F6N4O6S3.C13H12/c1-38-20(35)29-9-18(34)31-19(22(26,27)28)16-5-4-15(40-16)14(10-33)32(7-6-21(23,24)25)41(36,37)12-2-3-13-17(8-12)39-11-30-13;1-3-7-12(8-4-1)11-13-9-5-2-6-10-13/h2-5,8,11,14,19,33H,6-7,9-10H2,1H3,(H,29,35)(H,31,34);1-10H,11H2. The summed E-state index contributed by atoms with van der Waals surface area (Å²) in [5.41, 5.74) is 4.62. The van der Waals surface area contributed by atoms with Crippen LogP contribution in [0, 0.1) is 0 Å². The second-order valence-corrected chi connectivity index (χ2v) is 15.4. The van der Waals surface area contributed by atoms with Crippen LogP contribution >= 0.6 is 22.7 Å². The molecule has 0 fully saturated rings. The minimum absolute atomic E-state index is 0.205. The Balaban J connectivity index is 0.000000416. The smallest absolute Gasteiger partial charge is 0.413 e. The van der Waals surface area contributed by atoms with Crippen LogP contribution in [0.2, 0.25) is 0 Å². The Bertz CT molecular complexity index is 2040. The molecule has 0 spiro atoms. The van der Waals surface area contributed by atoms with Gasteiger partial charge in [0.15, 0.2) is 6.04 Å². The maximum absolute atomic E-state index is 13.8. The molecule has 0 aliphatic rings. The molecule has 54 heavy (non-hydrogen) atoms. The number of alkyl carbamates (subject to hydrolysis) is 1. The Morgan fingerprint density at radius 3 is 2.07 bits per heavy atom. The molecule has 19 heteroatoms. The highest BCUT2D eigenvalue weighted by Gasteiger charge is 2.44. The molecule has 2 unspecified atom stereocenters. The number of hydrogen-bond donors (Lipinski definition) is 3. The van der Waals surface area contributed by atoms with Gasteiger partial charge >= 0.3 is 18.4 Å². The number of thiophene rings is 1. The Morgan fingerprint density at radius 1 is 0.907 bits per heavy atom. The number of ether oxygens (including phenoxy) is 1. The lowest BCUT2D eigenvalue weighted by atomic mass is 10.1. The fourth-order valence-corrected chi connectivity index (χ4v) is 8.69. The van der Waals surface area contributed by atoms with E-state index in [-0.39, 0.29) is 4.88 Å². The fourth-order valence-electron chi connectivity index (χ4n) is 5.02. The number of aromatic nitrogens is 1. The van der Waals surface area contributed by atoms with Gasteiger partial charge in [0, 0.05) is 16.3 Å². The summed E-state index contributed by atoms with van der Waals surface area (Å²) in [6, 6.07) is 22.4. The average molecular weight is 817 g/mol. The van der Waals surface area contributed by atoms with Gasteiger partial charge in [-0.2, -0.15) is 30.6 Å². The predicted molar refractivity (Wildman–Crippen MR) is 191 cm³/mol. The molecule has 2 heterocycles. The van der Waals surface area contributed by atoms with Gasteiger partial charge in [-0.05, 0) is 47.9 Å². The first-order valence-corrected chi connectivity index (χ1v) is 19.0. The van der Waals surface area contributed by atoms with Crippen molar-refractivity contribution in [2.24, 2.45) is 0 Å². The lowest BCUT2D eigenvalue weighted by molar-refractivity contribution is -0.162. The predicted octanol–water partition coefficient (Wildman–Crippen LogP) is 7.39. The number of methoxy groups -OCH3 is 1. The molecule has 10 nitrogen and oxygen atoms in total. The average Bonchev–Trinajstić information content (AvgIpc) is 3.81. The third-order valence-electron chi connectivity index (χ3n) is 7.61. The van der Waals surface area contributed by atoms with E-state index in [0.29, 0.717) is 25.9 Å². The van der Waals surface area contributed by atoms with Crippen LogP contribution in [0.3, 0.4) is 0 Å². The zero-order chi connectivity index (χ0) is 39.5. The summed E-state index contributed by atoms with van der Waals surface area (Å²) in [6.45, 7) is -3.06. The van der Waals surface area contributed by atoms with Crippen LogP contribution in [0.5, 0.6) is 0 Å². The van der Waals surface area contributed by atoms with Crippen LogP contribution in [0.4, 0.5) is 31.1 Å². The number of nitrogens with zero attached hydrogens (tertiary/aromatic N) is 2. The number of aliphatic hydroxyl groups excluding tert-OH is 1. The summed E-state index contributed by atoms with van der Waals surface area (Å²) in [4.78, 5) is 26.0. The van der Waals surface area contributed by atoms with Gasteiger partial charge in [0.25, 0.3) is 0 Å². The fraction of sp³-hybridized carbons (Fsp3) is 0.286. The van der Waals surface area contributed by atoms with Gasteiger partial charge in [-0.3, -0.25) is 4.79 Å². The quantitative estimate of drug-likeness (QED) is 0.106. The number of fused-ring (bicyclic) bond motifs is 1. The zero-order valence-electron chi connectivity index (χ0n) is 28.3. The van der Waals surface area contributed by atoms with Crippen molar-refractivity contribution in [3.8, 4) is 0 Å². The Hall–Kier alpha value is -4.56. The third kappa shape index (κ3) is 12.0. The molecule has 0 bridgehead atoms. The molecule has 0 saturated carbocycles. The van der Waals surface area contributed by atoms with Crippen molar-refractivity contribution in [2.45, 2.75) is 42.2 Å². The van der Waals surface area contributed by atoms with E-state index in [9.17, 15) is 49.5 Å². The number of rotatable bonds is 13. The molecule has 0 radical (unpaired) electrons. The van der Waals surface area contributed by atoms with Gasteiger partial charge < -0.3 is 20.5 Å². The molecule has 0 aliphatic carbocycles. The Labute approximate surface area is 314 Å². The number of nitrogens with one attached hydrogen (secondary N) is 2. The van der Waals surface area contributed by atoms with Crippen molar-refractivity contribution in [1.82, 2.24) is 19.9 Å². The van der Waals surface area contributed by atoms with Crippen molar-refractivity contribution in [2.75, 3.05) is 26.8 Å². The summed E-state index contributed by atoms with van der Waals surface area (Å²) >= 11 is 1.43.